The fourth-order valence-electron chi connectivity index (χ4n) is 2.15. The van der Waals surface area contributed by atoms with Gasteiger partial charge in [0.1, 0.15) is 6.61 Å². The van der Waals surface area contributed by atoms with Crippen molar-refractivity contribution < 1.29 is 9.53 Å². The Morgan fingerprint density at radius 2 is 2.00 bits per heavy atom. The molecule has 0 amide bonds. The van der Waals surface area contributed by atoms with Crippen LogP contribution in [-0.4, -0.2) is 37.1 Å². The molecule has 0 N–H and O–H groups in total. The first-order valence-corrected chi connectivity index (χ1v) is 6.37. The van der Waals surface area contributed by atoms with Crippen molar-refractivity contribution in [3.05, 3.63) is 31.6 Å². The van der Waals surface area contributed by atoms with Gasteiger partial charge in [-0.25, -0.2) is 0 Å². The van der Waals surface area contributed by atoms with E-state index in [2.05, 4.69) is 11.8 Å². The molecule has 0 aromatic carbocycles. The molecule has 1 saturated heterocycles. The summed E-state index contributed by atoms with van der Waals surface area (Å²) >= 11 is 0. The number of nitrogens with zero attached hydrogens (tertiary/aromatic N) is 1. The number of carbonyl (C=O) groups is 1. The summed E-state index contributed by atoms with van der Waals surface area (Å²) in [4.78, 5) is 13.9. The number of rotatable bonds is 4. The maximum absolute atomic E-state index is 11.6. The second-order valence-electron chi connectivity index (χ2n) is 4.83. The van der Waals surface area contributed by atoms with Crippen LogP contribution in [-0.2, 0) is 9.53 Å². The van der Waals surface area contributed by atoms with Gasteiger partial charge < -0.3 is 4.74 Å². The molecule has 2 aliphatic rings. The van der Waals surface area contributed by atoms with E-state index in [1.807, 2.05) is 12.8 Å². The van der Waals surface area contributed by atoms with Gasteiger partial charge in [0.05, 0.1) is 5.92 Å². The Balaban J connectivity index is 1.57. The summed E-state index contributed by atoms with van der Waals surface area (Å²) in [6.45, 7) is 5.93. The monoisotopic (exact) mass is 234 g/mol. The van der Waals surface area contributed by atoms with E-state index in [4.69, 9.17) is 4.74 Å². The van der Waals surface area contributed by atoms with Crippen molar-refractivity contribution in [1.82, 2.24) is 4.90 Å². The summed E-state index contributed by atoms with van der Waals surface area (Å²) in [7, 11) is 0. The highest BCUT2D eigenvalue weighted by Gasteiger charge is 2.26. The predicted molar refractivity (Wildman–Crippen MR) is 66.2 cm³/mol. The Labute approximate surface area is 105 Å². The Morgan fingerprint density at radius 1 is 1.35 bits per heavy atom. The zero-order valence-electron chi connectivity index (χ0n) is 10.4. The van der Waals surface area contributed by atoms with E-state index in [0.29, 0.717) is 12.5 Å². The average Bonchev–Trinajstić information content (AvgIpc) is 2.85. The number of hydrogen-bond donors (Lipinski definition) is 0. The topological polar surface area (TPSA) is 29.5 Å². The fraction of sp³-hybridized carbons (Fsp3) is 0.571. The highest BCUT2D eigenvalue weighted by Crippen LogP contribution is 2.24. The number of esters is 1. The zero-order chi connectivity index (χ0) is 12.1. The molecule has 0 bridgehead atoms. The maximum atomic E-state index is 11.6. The Kier molecular flexibility index (Phi) is 4.84. The molecule has 1 saturated carbocycles. The predicted octanol–water partition coefficient (Wildman–Crippen LogP) is 1.67. The van der Waals surface area contributed by atoms with Gasteiger partial charge in [0, 0.05) is 6.54 Å². The van der Waals surface area contributed by atoms with E-state index in [1.165, 1.54) is 12.8 Å². The van der Waals surface area contributed by atoms with Crippen LogP contribution in [0.2, 0.25) is 0 Å². The molecule has 0 unspecified atom stereocenters. The van der Waals surface area contributed by atoms with Crippen molar-refractivity contribution in [1.29, 1.82) is 0 Å². The molecule has 2 rings (SSSR count). The van der Waals surface area contributed by atoms with Gasteiger partial charge in [0.25, 0.3) is 0 Å². The minimum Gasteiger partial charge on any atom is -0.464 e. The van der Waals surface area contributed by atoms with Gasteiger partial charge in [-0.15, -0.1) is 0 Å². The van der Waals surface area contributed by atoms with Crippen molar-refractivity contribution in [2.75, 3.05) is 26.2 Å². The number of carbonyl (C=O) groups excluding carboxylic acids is 1. The van der Waals surface area contributed by atoms with E-state index in [0.717, 1.165) is 25.6 Å². The molecule has 0 aromatic heterocycles. The van der Waals surface area contributed by atoms with Gasteiger partial charge in [-0.3, -0.25) is 9.69 Å². The lowest BCUT2D eigenvalue weighted by Gasteiger charge is -2.29. The van der Waals surface area contributed by atoms with Crippen molar-refractivity contribution in [3.8, 4) is 0 Å². The van der Waals surface area contributed by atoms with Crippen molar-refractivity contribution in [2.45, 2.75) is 19.8 Å². The molecule has 5 radical (unpaired) electrons. The van der Waals surface area contributed by atoms with Crippen molar-refractivity contribution in [3.63, 3.8) is 0 Å². The largest absolute Gasteiger partial charge is 0.464 e. The summed E-state index contributed by atoms with van der Waals surface area (Å²) in [6, 6.07) is 0. The van der Waals surface area contributed by atoms with Gasteiger partial charge in [-0.05, 0) is 57.5 Å². The average molecular weight is 234 g/mol. The first kappa shape index (κ1) is 12.9. The molecule has 2 fully saturated rings. The van der Waals surface area contributed by atoms with Crippen LogP contribution in [0.3, 0.4) is 0 Å². The lowest BCUT2D eigenvalue weighted by atomic mass is 9.99. The highest BCUT2D eigenvalue weighted by atomic mass is 16.5. The molecule has 1 aliphatic heterocycles. The molecule has 3 nitrogen and oxygen atoms in total. The standard InChI is InChI=1S/C14H20NO2/c1-12-6-8-15(9-7-12)10-11-17-14(16)13-4-2-3-5-13/h2-5,12H,6-11H2,1H3. The van der Waals surface area contributed by atoms with E-state index in [9.17, 15) is 4.79 Å². The summed E-state index contributed by atoms with van der Waals surface area (Å²) in [5, 5.41) is 0. The third-order valence-electron chi connectivity index (χ3n) is 3.42. The van der Waals surface area contributed by atoms with Gasteiger partial charge in [-0.2, -0.15) is 0 Å². The van der Waals surface area contributed by atoms with Gasteiger partial charge in [-0.1, -0.05) is 6.92 Å². The maximum Gasteiger partial charge on any atom is 0.313 e. The number of hydrogen-bond acceptors (Lipinski definition) is 3. The van der Waals surface area contributed by atoms with Crippen molar-refractivity contribution in [2.24, 2.45) is 5.92 Å². The lowest BCUT2D eigenvalue weighted by Crippen LogP contribution is -2.35. The molecular weight excluding hydrogens is 214 g/mol. The van der Waals surface area contributed by atoms with Crippen LogP contribution in [0.25, 0.3) is 0 Å². The number of piperidine rings is 1. The second-order valence-corrected chi connectivity index (χ2v) is 4.83. The van der Waals surface area contributed by atoms with Gasteiger partial charge in [0.2, 0.25) is 0 Å². The highest BCUT2D eigenvalue weighted by molar-refractivity contribution is 5.91. The first-order chi connectivity index (χ1) is 8.25. The fourth-order valence-corrected chi connectivity index (χ4v) is 2.15. The molecule has 1 aliphatic carbocycles. The van der Waals surface area contributed by atoms with Crippen LogP contribution >= 0.6 is 0 Å². The van der Waals surface area contributed by atoms with Crippen LogP contribution < -0.4 is 0 Å². The first-order valence-electron chi connectivity index (χ1n) is 6.37. The Bertz CT molecular complexity index is 241. The molecule has 1 heterocycles. The molecule has 0 atom stereocenters. The summed E-state index contributed by atoms with van der Waals surface area (Å²) in [5.41, 5.74) is 0. The normalized spacial score (nSPS) is 24.1. The third-order valence-corrected chi connectivity index (χ3v) is 3.42. The van der Waals surface area contributed by atoms with Crippen molar-refractivity contribution >= 4 is 5.97 Å². The second kappa shape index (κ2) is 6.39. The summed E-state index contributed by atoms with van der Waals surface area (Å²) in [6.07, 6.45) is 9.79. The van der Waals surface area contributed by atoms with E-state index >= 15 is 0 Å². The van der Waals surface area contributed by atoms with Crippen LogP contribution in [0.5, 0.6) is 0 Å². The SMILES string of the molecule is CC1CCN(CCOC(=O)[C]2[CH][CH][CH][CH]2)CC1. The molecule has 93 valence electrons. The quantitative estimate of drug-likeness (QED) is 0.693. The zero-order valence-corrected chi connectivity index (χ0v) is 10.4. The number of ether oxygens (including phenoxy) is 1. The molecule has 0 aromatic rings. The molecule has 3 heteroatoms. The molecule has 0 spiro atoms. The minimum atomic E-state index is -0.208. The lowest BCUT2D eigenvalue weighted by molar-refractivity contribution is -0.141. The molecule has 17 heavy (non-hydrogen) atoms. The van der Waals surface area contributed by atoms with Crippen LogP contribution in [0.1, 0.15) is 19.8 Å². The van der Waals surface area contributed by atoms with Crippen LogP contribution in [0.15, 0.2) is 0 Å². The molecular formula is C14H20NO2. The van der Waals surface area contributed by atoms with Crippen LogP contribution in [0.4, 0.5) is 0 Å². The van der Waals surface area contributed by atoms with E-state index < -0.39 is 0 Å². The third kappa shape index (κ3) is 3.98. The summed E-state index contributed by atoms with van der Waals surface area (Å²) < 4.78 is 5.24. The van der Waals surface area contributed by atoms with Gasteiger partial charge >= 0.3 is 5.97 Å². The Hall–Kier alpha value is -0.570. The summed E-state index contributed by atoms with van der Waals surface area (Å²) in [5.74, 6) is 1.29. The number of likely N-dealkylation sites (tertiary alicyclic amines) is 1. The van der Waals surface area contributed by atoms with E-state index in [1.54, 1.807) is 12.8 Å². The smallest absolute Gasteiger partial charge is 0.313 e. The minimum absolute atomic E-state index is 0.208. The van der Waals surface area contributed by atoms with Crippen LogP contribution in [0, 0.1) is 37.5 Å². The van der Waals surface area contributed by atoms with Gasteiger partial charge in [0.15, 0.2) is 0 Å². The Morgan fingerprint density at radius 3 is 2.65 bits per heavy atom. The van der Waals surface area contributed by atoms with E-state index in [-0.39, 0.29) is 5.97 Å².